The maximum absolute atomic E-state index is 3.97. The van der Waals surface area contributed by atoms with E-state index in [4.69, 9.17) is 0 Å². The van der Waals surface area contributed by atoms with E-state index < -0.39 is 0 Å². The van der Waals surface area contributed by atoms with Crippen molar-refractivity contribution in [3.8, 4) is 22.3 Å². The fourth-order valence-electron chi connectivity index (χ4n) is 2.85. The highest BCUT2D eigenvalue weighted by Gasteiger charge is 2.34. The van der Waals surface area contributed by atoms with Crippen LogP contribution in [0, 0.1) is 11.2 Å². The summed E-state index contributed by atoms with van der Waals surface area (Å²) in [6, 6.07) is 15.1. The van der Waals surface area contributed by atoms with E-state index in [1.165, 1.54) is 22.3 Å². The Bertz CT molecular complexity index is 684. The third-order valence-electron chi connectivity index (χ3n) is 3.78. The number of thiol groups is 1. The predicted octanol–water partition coefficient (Wildman–Crippen LogP) is 4.23. The molecule has 0 bridgehead atoms. The van der Waals surface area contributed by atoms with Crippen molar-refractivity contribution in [2.24, 2.45) is 0 Å². The van der Waals surface area contributed by atoms with Crippen molar-refractivity contribution >= 4 is 12.6 Å². The van der Waals surface area contributed by atoms with Crippen LogP contribution in [-0.4, -0.2) is 0 Å². The van der Waals surface area contributed by atoms with Crippen LogP contribution in [0.5, 0.6) is 0 Å². The second kappa shape index (κ2) is 3.93. The lowest BCUT2D eigenvalue weighted by atomic mass is 9.82. The summed E-state index contributed by atoms with van der Waals surface area (Å²) in [6.07, 6.45) is 0. The largest absolute Gasteiger partial charge is 0.0918 e. The second-order valence-corrected chi connectivity index (χ2v) is 5.39. The van der Waals surface area contributed by atoms with Crippen molar-refractivity contribution in [1.29, 1.82) is 0 Å². The van der Waals surface area contributed by atoms with Gasteiger partial charge < -0.3 is 0 Å². The molecule has 0 radical (unpaired) electrons. The molecule has 0 saturated heterocycles. The highest BCUT2D eigenvalue weighted by atomic mass is 32.1. The van der Waals surface area contributed by atoms with Gasteiger partial charge in [-0.25, -0.2) is 0 Å². The van der Waals surface area contributed by atoms with Gasteiger partial charge in [0.1, 0.15) is 0 Å². The van der Waals surface area contributed by atoms with Crippen molar-refractivity contribution in [2.75, 3.05) is 0 Å². The molecule has 1 aliphatic rings. The quantitative estimate of drug-likeness (QED) is 0.525. The smallest absolute Gasteiger partial charge is 0.0257 e. The van der Waals surface area contributed by atoms with Gasteiger partial charge in [-0.2, -0.15) is 0 Å². The fraction of sp³-hybridized carbons (Fsp3) is 0.176. The molecule has 0 saturated carbocycles. The first-order valence-electron chi connectivity index (χ1n) is 6.04. The summed E-state index contributed by atoms with van der Waals surface area (Å²) in [4.78, 5) is 0. The molecule has 2 aromatic rings. The minimum Gasteiger partial charge on any atom is -0.0918 e. The Labute approximate surface area is 113 Å². The number of benzene rings is 2. The Morgan fingerprint density at radius 2 is 1.67 bits per heavy atom. The van der Waals surface area contributed by atoms with Crippen LogP contribution in [0.1, 0.15) is 30.5 Å². The number of rotatable bonds is 0. The zero-order chi connectivity index (χ0) is 12.8. The average molecular weight is 250 g/mol. The van der Waals surface area contributed by atoms with Crippen LogP contribution in [0.4, 0.5) is 0 Å². The second-order valence-electron chi connectivity index (χ2n) is 5.17. The molecule has 0 spiro atoms. The molecule has 3 rings (SSSR count). The molecule has 0 heterocycles. The highest BCUT2D eigenvalue weighted by Crippen LogP contribution is 2.48. The molecular formula is C17H14S. The summed E-state index contributed by atoms with van der Waals surface area (Å²) in [5.41, 5.74) is 6.53. The molecule has 0 amide bonds. The van der Waals surface area contributed by atoms with Crippen molar-refractivity contribution in [3.05, 3.63) is 59.2 Å². The Hall–Kier alpha value is -1.65. The van der Waals surface area contributed by atoms with E-state index in [9.17, 15) is 0 Å². The zero-order valence-corrected chi connectivity index (χ0v) is 11.4. The summed E-state index contributed by atoms with van der Waals surface area (Å²) in [5.74, 6) is 3.02. The topological polar surface area (TPSA) is 0 Å². The zero-order valence-electron chi connectivity index (χ0n) is 10.5. The minimum absolute atomic E-state index is 0.0558. The van der Waals surface area contributed by atoms with Gasteiger partial charge >= 0.3 is 0 Å². The molecule has 0 N–H and O–H groups in total. The van der Waals surface area contributed by atoms with Gasteiger partial charge in [-0.15, -0.1) is 0 Å². The summed E-state index contributed by atoms with van der Waals surface area (Å²) in [6.45, 7) is 4.55. The van der Waals surface area contributed by atoms with Gasteiger partial charge in [0.25, 0.3) is 0 Å². The van der Waals surface area contributed by atoms with E-state index in [0.717, 1.165) is 5.56 Å². The molecule has 0 aliphatic heterocycles. The van der Waals surface area contributed by atoms with Crippen molar-refractivity contribution < 1.29 is 0 Å². The van der Waals surface area contributed by atoms with E-state index in [1.54, 1.807) is 0 Å². The first-order valence-corrected chi connectivity index (χ1v) is 6.49. The Morgan fingerprint density at radius 3 is 2.44 bits per heavy atom. The molecule has 18 heavy (non-hydrogen) atoms. The van der Waals surface area contributed by atoms with Gasteiger partial charge in [-0.3, -0.25) is 0 Å². The van der Waals surface area contributed by atoms with Gasteiger partial charge in [0.05, 0.1) is 0 Å². The SMILES string of the molecule is CC1(C)c2ccccc2-c2ccc(C#CS)cc21. The van der Waals surface area contributed by atoms with Gasteiger partial charge in [0, 0.05) is 11.0 Å². The lowest BCUT2D eigenvalue weighted by Crippen LogP contribution is -2.14. The van der Waals surface area contributed by atoms with E-state index in [-0.39, 0.29) is 5.41 Å². The molecule has 0 unspecified atom stereocenters. The molecule has 1 aliphatic carbocycles. The molecule has 88 valence electrons. The monoisotopic (exact) mass is 250 g/mol. The Balaban J connectivity index is 2.30. The molecule has 1 heteroatoms. The van der Waals surface area contributed by atoms with Gasteiger partial charge in [0.2, 0.25) is 0 Å². The fourth-order valence-corrected chi connectivity index (χ4v) is 2.98. The molecule has 0 aromatic heterocycles. The first-order chi connectivity index (χ1) is 8.64. The van der Waals surface area contributed by atoms with E-state index >= 15 is 0 Å². The van der Waals surface area contributed by atoms with Crippen molar-refractivity contribution in [2.45, 2.75) is 19.3 Å². The van der Waals surface area contributed by atoms with Crippen LogP contribution in [0.25, 0.3) is 11.1 Å². The lowest BCUT2D eigenvalue weighted by Gasteiger charge is -2.21. The van der Waals surface area contributed by atoms with Crippen LogP contribution in [0.15, 0.2) is 42.5 Å². The highest BCUT2D eigenvalue weighted by molar-refractivity contribution is 7.85. The number of hydrogen-bond acceptors (Lipinski definition) is 1. The van der Waals surface area contributed by atoms with Crippen LogP contribution in [0.2, 0.25) is 0 Å². The first kappa shape index (κ1) is 11.4. The van der Waals surface area contributed by atoms with Crippen LogP contribution in [0.3, 0.4) is 0 Å². The molecule has 0 fully saturated rings. The van der Waals surface area contributed by atoms with E-state index in [0.29, 0.717) is 0 Å². The predicted molar refractivity (Wildman–Crippen MR) is 79.9 cm³/mol. The normalized spacial score (nSPS) is 14.4. The standard InChI is InChI=1S/C17H14S/c1-17(2)15-6-4-3-5-13(15)14-8-7-12(9-10-18)11-16(14)17/h3-8,11,18H,1-2H3. The molecule has 0 nitrogen and oxygen atoms in total. The van der Waals surface area contributed by atoms with Gasteiger partial charge in [-0.05, 0) is 39.6 Å². The number of hydrogen-bond donors (Lipinski definition) is 1. The van der Waals surface area contributed by atoms with Crippen LogP contribution < -0.4 is 0 Å². The molecule has 0 atom stereocenters. The van der Waals surface area contributed by atoms with Gasteiger partial charge in [0.15, 0.2) is 0 Å². The minimum atomic E-state index is 0.0558. The van der Waals surface area contributed by atoms with Crippen LogP contribution >= 0.6 is 12.6 Å². The van der Waals surface area contributed by atoms with Crippen molar-refractivity contribution in [1.82, 2.24) is 0 Å². The lowest BCUT2D eigenvalue weighted by molar-refractivity contribution is 0.660. The summed E-state index contributed by atoms with van der Waals surface area (Å²) >= 11 is 3.97. The Morgan fingerprint density at radius 1 is 0.944 bits per heavy atom. The third kappa shape index (κ3) is 1.50. The van der Waals surface area contributed by atoms with Crippen molar-refractivity contribution in [3.63, 3.8) is 0 Å². The molecular weight excluding hydrogens is 236 g/mol. The summed E-state index contributed by atoms with van der Waals surface area (Å²) in [5, 5.41) is 2.67. The van der Waals surface area contributed by atoms with Gasteiger partial charge in [-0.1, -0.05) is 62.7 Å². The Kier molecular flexibility index (Phi) is 2.50. The maximum atomic E-state index is 3.97. The van der Waals surface area contributed by atoms with E-state index in [1.807, 2.05) is 0 Å². The number of fused-ring (bicyclic) bond motifs is 3. The maximum Gasteiger partial charge on any atom is 0.0257 e. The summed E-state index contributed by atoms with van der Waals surface area (Å²) in [7, 11) is 0. The van der Waals surface area contributed by atoms with E-state index in [2.05, 4.69) is 80.1 Å². The average Bonchev–Trinajstić information content (AvgIpc) is 2.60. The van der Waals surface area contributed by atoms with Crippen LogP contribution in [-0.2, 0) is 5.41 Å². The third-order valence-corrected chi connectivity index (χ3v) is 3.90. The molecule has 2 aromatic carbocycles. The summed E-state index contributed by atoms with van der Waals surface area (Å²) < 4.78 is 0.